The van der Waals surface area contributed by atoms with Crippen LogP contribution in [0.3, 0.4) is 0 Å². The van der Waals surface area contributed by atoms with Gasteiger partial charge in [-0.3, -0.25) is 0 Å². The van der Waals surface area contributed by atoms with Gasteiger partial charge in [0.25, 0.3) is 0 Å². The number of hydrogen-bond acceptors (Lipinski definition) is 3. The normalized spacial score (nSPS) is 21.8. The van der Waals surface area contributed by atoms with Crippen molar-refractivity contribution in [2.24, 2.45) is 0 Å². The van der Waals surface area contributed by atoms with Crippen LogP contribution >= 0.6 is 0 Å². The molecule has 2 unspecified atom stereocenters. The van der Waals surface area contributed by atoms with Crippen LogP contribution in [0.2, 0.25) is 0 Å². The molecule has 1 aliphatic heterocycles. The number of aryl methyl sites for hydroxylation is 2. The Morgan fingerprint density at radius 3 is 2.56 bits per heavy atom. The van der Waals surface area contributed by atoms with Crippen LogP contribution in [0.25, 0.3) is 0 Å². The molecule has 1 saturated heterocycles. The van der Waals surface area contributed by atoms with Crippen molar-refractivity contribution in [3.05, 3.63) is 34.9 Å². The number of benzene rings is 1. The maximum Gasteiger partial charge on any atom is 0.0933 e. The van der Waals surface area contributed by atoms with Crippen molar-refractivity contribution < 1.29 is 9.47 Å². The molecule has 2 rings (SSSR count). The Morgan fingerprint density at radius 1 is 1.22 bits per heavy atom. The number of hydrogen-bond donors (Lipinski definition) is 1. The van der Waals surface area contributed by atoms with Gasteiger partial charge < -0.3 is 14.8 Å². The molecule has 18 heavy (non-hydrogen) atoms. The van der Waals surface area contributed by atoms with Crippen molar-refractivity contribution in [2.75, 3.05) is 26.4 Å². The Hall–Kier alpha value is -0.900. The number of nitrogens with one attached hydrogen (secondary N) is 1. The lowest BCUT2D eigenvalue weighted by molar-refractivity contribution is -0.0869. The van der Waals surface area contributed by atoms with Gasteiger partial charge in [0.2, 0.25) is 0 Å². The van der Waals surface area contributed by atoms with Gasteiger partial charge >= 0.3 is 0 Å². The molecule has 1 aromatic rings. The van der Waals surface area contributed by atoms with E-state index in [-0.39, 0.29) is 6.10 Å². The molecule has 3 heteroatoms. The zero-order chi connectivity index (χ0) is 13.0. The highest BCUT2D eigenvalue weighted by Gasteiger charge is 2.15. The van der Waals surface area contributed by atoms with E-state index < -0.39 is 0 Å². The second-order valence-corrected chi connectivity index (χ2v) is 5.12. The van der Waals surface area contributed by atoms with Crippen LogP contribution in [-0.2, 0) is 9.47 Å². The third-order valence-electron chi connectivity index (χ3n) is 3.28. The van der Waals surface area contributed by atoms with Crippen molar-refractivity contribution in [1.29, 1.82) is 0 Å². The molecule has 1 aliphatic rings. The molecule has 0 spiro atoms. The molecule has 1 heterocycles. The largest absolute Gasteiger partial charge is 0.376 e. The van der Waals surface area contributed by atoms with Gasteiger partial charge in [-0.1, -0.05) is 29.3 Å². The minimum Gasteiger partial charge on any atom is -0.376 e. The summed E-state index contributed by atoms with van der Waals surface area (Å²) >= 11 is 0. The van der Waals surface area contributed by atoms with Crippen molar-refractivity contribution in [3.8, 4) is 0 Å². The SMILES string of the molecule is Cc1cc(C)cc(C(C)NCC2COCCO2)c1. The first-order valence-electron chi connectivity index (χ1n) is 6.66. The molecule has 0 aliphatic carbocycles. The highest BCUT2D eigenvalue weighted by atomic mass is 16.6. The van der Waals surface area contributed by atoms with Gasteiger partial charge in [-0.25, -0.2) is 0 Å². The van der Waals surface area contributed by atoms with E-state index in [0.717, 1.165) is 13.2 Å². The summed E-state index contributed by atoms with van der Waals surface area (Å²) in [6.07, 6.45) is 0.187. The first-order valence-corrected chi connectivity index (χ1v) is 6.66. The van der Waals surface area contributed by atoms with E-state index in [0.29, 0.717) is 19.3 Å². The molecule has 2 atom stereocenters. The Labute approximate surface area is 109 Å². The minimum absolute atomic E-state index is 0.187. The Kier molecular flexibility index (Phi) is 4.75. The molecule has 1 aromatic carbocycles. The topological polar surface area (TPSA) is 30.5 Å². The molecule has 0 bridgehead atoms. The molecule has 100 valence electrons. The van der Waals surface area contributed by atoms with Gasteiger partial charge in [-0.05, 0) is 26.3 Å². The number of rotatable bonds is 4. The average molecular weight is 249 g/mol. The first-order chi connectivity index (χ1) is 8.65. The fourth-order valence-corrected chi connectivity index (χ4v) is 2.34. The van der Waals surface area contributed by atoms with Crippen LogP contribution < -0.4 is 5.32 Å². The van der Waals surface area contributed by atoms with E-state index >= 15 is 0 Å². The molecule has 1 fully saturated rings. The molecular weight excluding hydrogens is 226 g/mol. The van der Waals surface area contributed by atoms with Crippen LogP contribution in [0.4, 0.5) is 0 Å². The Bertz CT molecular complexity index is 366. The fraction of sp³-hybridized carbons (Fsp3) is 0.600. The summed E-state index contributed by atoms with van der Waals surface area (Å²) in [4.78, 5) is 0. The molecule has 0 saturated carbocycles. The molecular formula is C15H23NO2. The van der Waals surface area contributed by atoms with Crippen molar-refractivity contribution in [3.63, 3.8) is 0 Å². The summed E-state index contributed by atoms with van der Waals surface area (Å²) in [5, 5.41) is 3.52. The zero-order valence-electron chi connectivity index (χ0n) is 11.5. The Balaban J connectivity index is 1.88. The van der Waals surface area contributed by atoms with Gasteiger partial charge in [-0.15, -0.1) is 0 Å². The van der Waals surface area contributed by atoms with Gasteiger partial charge in [-0.2, -0.15) is 0 Å². The maximum absolute atomic E-state index is 5.62. The van der Waals surface area contributed by atoms with Gasteiger partial charge in [0.05, 0.1) is 25.9 Å². The number of ether oxygens (including phenoxy) is 2. The highest BCUT2D eigenvalue weighted by Crippen LogP contribution is 2.16. The maximum atomic E-state index is 5.62. The van der Waals surface area contributed by atoms with Crippen molar-refractivity contribution in [1.82, 2.24) is 5.32 Å². The molecule has 0 amide bonds. The predicted molar refractivity (Wildman–Crippen MR) is 72.9 cm³/mol. The predicted octanol–water partition coefficient (Wildman–Crippen LogP) is 2.37. The summed E-state index contributed by atoms with van der Waals surface area (Å²) in [5.74, 6) is 0. The summed E-state index contributed by atoms with van der Waals surface area (Å²) in [6.45, 7) is 9.45. The smallest absolute Gasteiger partial charge is 0.0933 e. The second kappa shape index (κ2) is 6.32. The van der Waals surface area contributed by atoms with E-state index in [1.807, 2.05) is 0 Å². The van der Waals surface area contributed by atoms with Crippen LogP contribution in [-0.4, -0.2) is 32.5 Å². The fourth-order valence-electron chi connectivity index (χ4n) is 2.34. The zero-order valence-corrected chi connectivity index (χ0v) is 11.5. The van der Waals surface area contributed by atoms with E-state index in [1.54, 1.807) is 0 Å². The standard InChI is InChI=1S/C15H23NO2/c1-11-6-12(2)8-14(7-11)13(3)16-9-15-10-17-4-5-18-15/h6-8,13,15-16H,4-5,9-10H2,1-3H3. The van der Waals surface area contributed by atoms with Gasteiger partial charge in [0.1, 0.15) is 0 Å². The quantitative estimate of drug-likeness (QED) is 0.888. The molecule has 0 radical (unpaired) electrons. The summed E-state index contributed by atoms with van der Waals surface area (Å²) in [6, 6.07) is 7.02. The Morgan fingerprint density at radius 2 is 1.94 bits per heavy atom. The second-order valence-electron chi connectivity index (χ2n) is 5.12. The summed E-state index contributed by atoms with van der Waals surface area (Å²) in [5.41, 5.74) is 3.97. The molecule has 3 nitrogen and oxygen atoms in total. The van der Waals surface area contributed by atoms with E-state index in [1.165, 1.54) is 16.7 Å². The van der Waals surface area contributed by atoms with Crippen molar-refractivity contribution in [2.45, 2.75) is 32.9 Å². The van der Waals surface area contributed by atoms with Crippen LogP contribution in [0, 0.1) is 13.8 Å². The summed E-state index contributed by atoms with van der Waals surface area (Å²) < 4.78 is 11.0. The lowest BCUT2D eigenvalue weighted by Gasteiger charge is -2.25. The highest BCUT2D eigenvalue weighted by molar-refractivity contribution is 5.30. The van der Waals surface area contributed by atoms with E-state index in [9.17, 15) is 0 Å². The monoisotopic (exact) mass is 249 g/mol. The average Bonchev–Trinajstić information content (AvgIpc) is 2.36. The summed E-state index contributed by atoms with van der Waals surface area (Å²) in [7, 11) is 0. The molecule has 0 aromatic heterocycles. The third kappa shape index (κ3) is 3.80. The minimum atomic E-state index is 0.187. The molecule has 1 N–H and O–H groups in total. The van der Waals surface area contributed by atoms with Crippen LogP contribution in [0.1, 0.15) is 29.7 Å². The van der Waals surface area contributed by atoms with E-state index in [2.05, 4.69) is 44.3 Å². The van der Waals surface area contributed by atoms with E-state index in [4.69, 9.17) is 9.47 Å². The lowest BCUT2D eigenvalue weighted by Crippen LogP contribution is -2.38. The van der Waals surface area contributed by atoms with Crippen molar-refractivity contribution >= 4 is 0 Å². The third-order valence-corrected chi connectivity index (χ3v) is 3.28. The van der Waals surface area contributed by atoms with Gasteiger partial charge in [0.15, 0.2) is 0 Å². The van der Waals surface area contributed by atoms with Crippen LogP contribution in [0.5, 0.6) is 0 Å². The van der Waals surface area contributed by atoms with Crippen LogP contribution in [0.15, 0.2) is 18.2 Å². The van der Waals surface area contributed by atoms with Gasteiger partial charge in [0, 0.05) is 12.6 Å². The first kappa shape index (κ1) is 13.5. The lowest BCUT2D eigenvalue weighted by atomic mass is 10.0.